The Balaban J connectivity index is 2.64. The van der Waals surface area contributed by atoms with Crippen LogP contribution in [-0.4, -0.2) is 26.9 Å². The summed E-state index contributed by atoms with van der Waals surface area (Å²) in [5.41, 5.74) is 6.14. The van der Waals surface area contributed by atoms with Crippen LogP contribution in [0.1, 0.15) is 32.0 Å². The largest absolute Gasteiger partial charge is 0.480 e. The van der Waals surface area contributed by atoms with Gasteiger partial charge in [-0.3, -0.25) is 9.48 Å². The van der Waals surface area contributed by atoms with Crippen molar-refractivity contribution in [3.05, 3.63) is 18.0 Å². The number of carboxylic acid groups (broad SMARTS) is 1. The van der Waals surface area contributed by atoms with Gasteiger partial charge in [-0.25, -0.2) is 0 Å². The van der Waals surface area contributed by atoms with Crippen molar-refractivity contribution in [1.29, 1.82) is 0 Å². The number of nitrogens with zero attached hydrogens (tertiary/aromatic N) is 2. The van der Waals surface area contributed by atoms with E-state index in [1.165, 1.54) is 0 Å². The molecule has 0 aliphatic rings. The highest BCUT2D eigenvalue weighted by Gasteiger charge is 2.14. The molecule has 5 nitrogen and oxygen atoms in total. The normalized spacial score (nSPS) is 14.9. The van der Waals surface area contributed by atoms with Crippen molar-refractivity contribution >= 4 is 5.97 Å². The first kappa shape index (κ1) is 11.7. The zero-order valence-electron chi connectivity index (χ0n) is 9.05. The van der Waals surface area contributed by atoms with Crippen LogP contribution in [0, 0.1) is 0 Å². The van der Waals surface area contributed by atoms with Crippen molar-refractivity contribution in [3.63, 3.8) is 0 Å². The second kappa shape index (κ2) is 4.93. The molecule has 0 bridgehead atoms. The lowest BCUT2D eigenvalue weighted by Crippen LogP contribution is -2.32. The predicted octanol–water partition coefficient (Wildman–Crippen LogP) is 0.808. The molecular formula is C10H17N3O2. The van der Waals surface area contributed by atoms with E-state index in [0.29, 0.717) is 6.04 Å². The summed E-state index contributed by atoms with van der Waals surface area (Å²) in [7, 11) is 0. The first-order chi connectivity index (χ1) is 7.04. The van der Waals surface area contributed by atoms with Gasteiger partial charge >= 0.3 is 5.97 Å². The molecule has 0 saturated carbocycles. The van der Waals surface area contributed by atoms with E-state index < -0.39 is 12.0 Å². The third kappa shape index (κ3) is 3.06. The van der Waals surface area contributed by atoms with Crippen LogP contribution in [0.2, 0.25) is 0 Å². The highest BCUT2D eigenvalue weighted by molar-refractivity contribution is 5.73. The van der Waals surface area contributed by atoms with Crippen LogP contribution in [0.3, 0.4) is 0 Å². The monoisotopic (exact) mass is 211 g/mol. The summed E-state index contributed by atoms with van der Waals surface area (Å²) < 4.78 is 1.84. The number of hydrogen-bond donors (Lipinski definition) is 2. The second-order valence-corrected chi connectivity index (χ2v) is 3.69. The Morgan fingerprint density at radius 3 is 2.93 bits per heavy atom. The first-order valence-corrected chi connectivity index (χ1v) is 5.07. The van der Waals surface area contributed by atoms with E-state index >= 15 is 0 Å². The zero-order valence-corrected chi connectivity index (χ0v) is 9.05. The van der Waals surface area contributed by atoms with Gasteiger partial charge in [0.15, 0.2) is 0 Å². The quantitative estimate of drug-likeness (QED) is 0.755. The average Bonchev–Trinajstić information content (AvgIpc) is 2.65. The molecule has 0 aliphatic carbocycles. The zero-order chi connectivity index (χ0) is 11.4. The fourth-order valence-electron chi connectivity index (χ4n) is 1.23. The molecule has 84 valence electrons. The van der Waals surface area contributed by atoms with Gasteiger partial charge in [-0.05, 0) is 19.4 Å². The van der Waals surface area contributed by atoms with Gasteiger partial charge in [-0.1, -0.05) is 6.92 Å². The molecule has 15 heavy (non-hydrogen) atoms. The van der Waals surface area contributed by atoms with Crippen LogP contribution < -0.4 is 5.73 Å². The Hall–Kier alpha value is -1.36. The van der Waals surface area contributed by atoms with Gasteiger partial charge in [-0.15, -0.1) is 0 Å². The molecule has 5 heteroatoms. The number of aromatic nitrogens is 2. The van der Waals surface area contributed by atoms with Crippen molar-refractivity contribution in [2.45, 2.75) is 38.8 Å². The molecule has 0 radical (unpaired) electrons. The third-order valence-corrected chi connectivity index (χ3v) is 2.45. The van der Waals surface area contributed by atoms with E-state index in [-0.39, 0.29) is 6.42 Å². The fourth-order valence-corrected chi connectivity index (χ4v) is 1.23. The van der Waals surface area contributed by atoms with Crippen LogP contribution in [-0.2, 0) is 11.2 Å². The molecule has 1 rings (SSSR count). The maximum absolute atomic E-state index is 10.5. The minimum absolute atomic E-state index is 0.277. The van der Waals surface area contributed by atoms with Gasteiger partial charge in [0.05, 0.1) is 5.69 Å². The Kier molecular flexibility index (Phi) is 3.85. The summed E-state index contributed by atoms with van der Waals surface area (Å²) in [4.78, 5) is 10.5. The predicted molar refractivity (Wildman–Crippen MR) is 56.5 cm³/mol. The van der Waals surface area contributed by atoms with Crippen molar-refractivity contribution in [2.75, 3.05) is 0 Å². The Morgan fingerprint density at radius 1 is 1.73 bits per heavy atom. The highest BCUT2D eigenvalue weighted by atomic mass is 16.4. The summed E-state index contributed by atoms with van der Waals surface area (Å²) >= 11 is 0. The van der Waals surface area contributed by atoms with Crippen molar-refractivity contribution in [1.82, 2.24) is 9.78 Å². The van der Waals surface area contributed by atoms with E-state index in [0.717, 1.165) is 12.1 Å². The summed E-state index contributed by atoms with van der Waals surface area (Å²) in [6, 6.07) is 1.28. The van der Waals surface area contributed by atoms with E-state index in [4.69, 9.17) is 10.8 Å². The summed E-state index contributed by atoms with van der Waals surface area (Å²) in [5, 5.41) is 12.9. The molecular weight excluding hydrogens is 194 g/mol. The lowest BCUT2D eigenvalue weighted by Gasteiger charge is -2.08. The number of carbonyl (C=O) groups is 1. The first-order valence-electron chi connectivity index (χ1n) is 5.07. The topological polar surface area (TPSA) is 81.1 Å². The Labute approximate surface area is 88.9 Å². The molecule has 0 aliphatic heterocycles. The van der Waals surface area contributed by atoms with Gasteiger partial charge in [-0.2, -0.15) is 5.10 Å². The van der Waals surface area contributed by atoms with Gasteiger partial charge < -0.3 is 10.8 Å². The molecule has 0 fully saturated rings. The molecule has 1 heterocycles. The van der Waals surface area contributed by atoms with E-state index in [1.807, 2.05) is 16.9 Å². The van der Waals surface area contributed by atoms with Crippen molar-refractivity contribution in [2.24, 2.45) is 5.73 Å². The lowest BCUT2D eigenvalue weighted by molar-refractivity contribution is -0.138. The van der Waals surface area contributed by atoms with Gasteiger partial charge in [0.2, 0.25) is 0 Å². The molecule has 2 unspecified atom stereocenters. The third-order valence-electron chi connectivity index (χ3n) is 2.45. The average molecular weight is 211 g/mol. The number of aliphatic carboxylic acids is 1. The van der Waals surface area contributed by atoms with Crippen LogP contribution in [0.5, 0.6) is 0 Å². The van der Waals surface area contributed by atoms with E-state index in [1.54, 1.807) is 0 Å². The van der Waals surface area contributed by atoms with Gasteiger partial charge in [0.25, 0.3) is 0 Å². The molecule has 3 N–H and O–H groups in total. The molecule has 1 aromatic heterocycles. The van der Waals surface area contributed by atoms with Crippen LogP contribution in [0.15, 0.2) is 12.3 Å². The molecule has 1 aromatic rings. The van der Waals surface area contributed by atoms with Crippen molar-refractivity contribution < 1.29 is 9.90 Å². The Bertz CT molecular complexity index is 335. The number of nitrogens with two attached hydrogens (primary N) is 1. The summed E-state index contributed by atoms with van der Waals surface area (Å²) in [5.74, 6) is -0.993. The second-order valence-electron chi connectivity index (χ2n) is 3.69. The highest BCUT2D eigenvalue weighted by Crippen LogP contribution is 2.09. The SMILES string of the molecule is CCC(C)n1ccc(CC(N)C(=O)O)n1. The maximum atomic E-state index is 10.5. The smallest absolute Gasteiger partial charge is 0.320 e. The fraction of sp³-hybridized carbons (Fsp3) is 0.600. The standard InChI is InChI=1S/C10H17N3O2/c1-3-7(2)13-5-4-8(12-13)6-9(11)10(14)15/h4-5,7,9H,3,6,11H2,1-2H3,(H,14,15). The van der Waals surface area contributed by atoms with Crippen LogP contribution in [0.25, 0.3) is 0 Å². The minimum Gasteiger partial charge on any atom is -0.480 e. The minimum atomic E-state index is -0.993. The summed E-state index contributed by atoms with van der Waals surface area (Å²) in [6.45, 7) is 4.14. The van der Waals surface area contributed by atoms with Gasteiger partial charge in [0.1, 0.15) is 6.04 Å². The summed E-state index contributed by atoms with van der Waals surface area (Å²) in [6.07, 6.45) is 3.13. The van der Waals surface area contributed by atoms with Crippen LogP contribution >= 0.6 is 0 Å². The van der Waals surface area contributed by atoms with E-state index in [2.05, 4.69) is 18.9 Å². The number of carboxylic acids is 1. The molecule has 0 spiro atoms. The molecule has 0 amide bonds. The molecule has 2 atom stereocenters. The maximum Gasteiger partial charge on any atom is 0.320 e. The molecule has 0 saturated heterocycles. The molecule has 0 aromatic carbocycles. The van der Waals surface area contributed by atoms with Gasteiger partial charge in [0, 0.05) is 18.7 Å². The number of hydrogen-bond acceptors (Lipinski definition) is 3. The van der Waals surface area contributed by atoms with Crippen LogP contribution in [0.4, 0.5) is 0 Å². The van der Waals surface area contributed by atoms with E-state index in [9.17, 15) is 4.79 Å². The number of rotatable bonds is 5. The Morgan fingerprint density at radius 2 is 2.40 bits per heavy atom. The van der Waals surface area contributed by atoms with Crippen molar-refractivity contribution in [3.8, 4) is 0 Å². The lowest BCUT2D eigenvalue weighted by atomic mass is 10.2.